The van der Waals surface area contributed by atoms with E-state index in [1.165, 1.54) is 12.1 Å². The fourth-order valence-electron chi connectivity index (χ4n) is 2.43. The highest BCUT2D eigenvalue weighted by atomic mass is 32.2. The molecule has 0 aromatic heterocycles. The molecule has 0 aliphatic carbocycles. The first kappa shape index (κ1) is 15.9. The predicted molar refractivity (Wildman–Crippen MR) is 84.8 cm³/mol. The van der Waals surface area contributed by atoms with Crippen molar-refractivity contribution in [2.24, 2.45) is 5.73 Å². The van der Waals surface area contributed by atoms with Gasteiger partial charge in [-0.05, 0) is 18.2 Å². The van der Waals surface area contributed by atoms with Gasteiger partial charge in [0.05, 0.1) is 12.1 Å². The van der Waals surface area contributed by atoms with E-state index in [1.54, 1.807) is 11.0 Å². The third-order valence-electron chi connectivity index (χ3n) is 3.24. The summed E-state index contributed by atoms with van der Waals surface area (Å²) in [6, 6.07) is 4.36. The van der Waals surface area contributed by atoms with E-state index in [9.17, 15) is 9.18 Å². The number of hydrogen-bond donors (Lipinski definition) is 1. The van der Waals surface area contributed by atoms with Crippen LogP contribution in [0.1, 0.15) is 29.8 Å². The van der Waals surface area contributed by atoms with E-state index in [-0.39, 0.29) is 18.0 Å². The number of carbonyl (C=O) groups excluding carboxylic acids is 1. The zero-order chi connectivity index (χ0) is 15.4. The Labute approximate surface area is 129 Å². The summed E-state index contributed by atoms with van der Waals surface area (Å²) in [7, 11) is 0. The number of halogens is 1. The molecule has 1 fully saturated rings. The van der Waals surface area contributed by atoms with Gasteiger partial charge in [0.15, 0.2) is 0 Å². The maximum atomic E-state index is 14.0. The number of carbonyl (C=O) groups is 1. The molecule has 2 N–H and O–H groups in total. The van der Waals surface area contributed by atoms with E-state index < -0.39 is 5.82 Å². The second-order valence-corrected chi connectivity index (χ2v) is 7.05. The summed E-state index contributed by atoms with van der Waals surface area (Å²) in [4.78, 5) is 14.3. The molecule has 1 amide bonds. The zero-order valence-corrected chi connectivity index (χ0v) is 13.0. The number of hydrogen-bond acceptors (Lipinski definition) is 3. The van der Waals surface area contributed by atoms with Gasteiger partial charge in [-0.15, -0.1) is 0 Å². The minimum atomic E-state index is -0.503. The molecule has 1 heterocycles. The third-order valence-corrected chi connectivity index (χ3v) is 4.47. The maximum absolute atomic E-state index is 14.0. The van der Waals surface area contributed by atoms with Crippen LogP contribution in [0.3, 0.4) is 0 Å². The van der Waals surface area contributed by atoms with Crippen LogP contribution in [0.25, 0.3) is 0 Å². The summed E-state index contributed by atoms with van der Waals surface area (Å²) in [5.74, 6) is 4.78. The van der Waals surface area contributed by atoms with Crippen LogP contribution in [0.2, 0.25) is 0 Å². The van der Waals surface area contributed by atoms with Gasteiger partial charge in [0.2, 0.25) is 0 Å². The van der Waals surface area contributed by atoms with Crippen LogP contribution in [-0.2, 0) is 0 Å². The Kier molecular flexibility index (Phi) is 5.27. The molecule has 1 aromatic carbocycles. The van der Waals surface area contributed by atoms with Crippen LogP contribution in [0.15, 0.2) is 18.2 Å². The SMILES string of the molecule is CC1CN(C(=O)c2cc(C#CCN)ccc2F)CC(C)S1. The molecule has 1 saturated heterocycles. The lowest BCUT2D eigenvalue weighted by atomic mass is 10.1. The molecule has 2 unspecified atom stereocenters. The Morgan fingerprint density at radius 2 is 2.10 bits per heavy atom. The molecule has 1 aliphatic heterocycles. The van der Waals surface area contributed by atoms with Crippen molar-refractivity contribution in [2.45, 2.75) is 24.3 Å². The molecule has 1 aliphatic rings. The molecule has 0 bridgehead atoms. The second kappa shape index (κ2) is 6.97. The number of rotatable bonds is 1. The molecular formula is C16H19FN2OS. The van der Waals surface area contributed by atoms with Gasteiger partial charge in [-0.1, -0.05) is 25.7 Å². The van der Waals surface area contributed by atoms with Gasteiger partial charge in [0.1, 0.15) is 5.82 Å². The smallest absolute Gasteiger partial charge is 0.256 e. The zero-order valence-electron chi connectivity index (χ0n) is 12.2. The van der Waals surface area contributed by atoms with Gasteiger partial charge in [0.25, 0.3) is 5.91 Å². The van der Waals surface area contributed by atoms with Crippen molar-refractivity contribution in [3.05, 3.63) is 35.1 Å². The Morgan fingerprint density at radius 3 is 2.71 bits per heavy atom. The van der Waals surface area contributed by atoms with Crippen LogP contribution >= 0.6 is 11.8 Å². The van der Waals surface area contributed by atoms with Crippen molar-refractivity contribution < 1.29 is 9.18 Å². The number of amides is 1. The van der Waals surface area contributed by atoms with Crippen LogP contribution in [0.5, 0.6) is 0 Å². The van der Waals surface area contributed by atoms with E-state index in [2.05, 4.69) is 25.7 Å². The molecule has 112 valence electrons. The van der Waals surface area contributed by atoms with Crippen molar-refractivity contribution in [2.75, 3.05) is 19.6 Å². The lowest BCUT2D eigenvalue weighted by Crippen LogP contribution is -2.44. The Hall–Kier alpha value is -1.51. The largest absolute Gasteiger partial charge is 0.336 e. The minimum absolute atomic E-state index is 0.0881. The predicted octanol–water partition coefficient (Wildman–Crippen LogP) is 2.10. The third kappa shape index (κ3) is 3.99. The van der Waals surface area contributed by atoms with Crippen molar-refractivity contribution >= 4 is 17.7 Å². The molecule has 3 nitrogen and oxygen atoms in total. The number of nitrogens with two attached hydrogens (primary N) is 1. The topological polar surface area (TPSA) is 46.3 Å². The molecule has 0 radical (unpaired) electrons. The molecule has 5 heteroatoms. The average Bonchev–Trinajstić information content (AvgIpc) is 2.44. The number of thioether (sulfide) groups is 1. The number of benzene rings is 1. The highest BCUT2D eigenvalue weighted by Crippen LogP contribution is 2.26. The normalized spacial score (nSPS) is 21.6. The van der Waals surface area contributed by atoms with Crippen LogP contribution in [0, 0.1) is 17.7 Å². The molecule has 0 saturated carbocycles. The lowest BCUT2D eigenvalue weighted by molar-refractivity contribution is 0.0748. The molecule has 2 rings (SSSR count). The van der Waals surface area contributed by atoms with Gasteiger partial charge in [-0.2, -0.15) is 11.8 Å². The van der Waals surface area contributed by atoms with Crippen molar-refractivity contribution in [3.8, 4) is 11.8 Å². The average molecular weight is 306 g/mol. The summed E-state index contributed by atoms with van der Waals surface area (Å²) in [6.07, 6.45) is 0. The molecule has 0 spiro atoms. The fourth-order valence-corrected chi connectivity index (χ4v) is 3.76. The minimum Gasteiger partial charge on any atom is -0.336 e. The highest BCUT2D eigenvalue weighted by Gasteiger charge is 2.28. The van der Waals surface area contributed by atoms with Gasteiger partial charge < -0.3 is 10.6 Å². The summed E-state index contributed by atoms with van der Waals surface area (Å²) in [6.45, 7) is 5.69. The highest BCUT2D eigenvalue weighted by molar-refractivity contribution is 8.00. The van der Waals surface area contributed by atoms with Crippen molar-refractivity contribution in [3.63, 3.8) is 0 Å². The van der Waals surface area contributed by atoms with Gasteiger partial charge in [0, 0.05) is 29.2 Å². The molecular weight excluding hydrogens is 287 g/mol. The quantitative estimate of drug-likeness (QED) is 0.808. The summed E-state index contributed by atoms with van der Waals surface area (Å²) in [5, 5.41) is 0.724. The fraction of sp³-hybridized carbons (Fsp3) is 0.438. The van der Waals surface area contributed by atoms with Crippen molar-refractivity contribution in [1.29, 1.82) is 0 Å². The van der Waals surface area contributed by atoms with Crippen LogP contribution in [0.4, 0.5) is 4.39 Å². The lowest BCUT2D eigenvalue weighted by Gasteiger charge is -2.34. The van der Waals surface area contributed by atoms with Gasteiger partial charge >= 0.3 is 0 Å². The molecule has 1 aromatic rings. The summed E-state index contributed by atoms with van der Waals surface area (Å²) >= 11 is 1.85. The van der Waals surface area contributed by atoms with Gasteiger partial charge in [-0.25, -0.2) is 4.39 Å². The molecule has 2 atom stereocenters. The molecule has 21 heavy (non-hydrogen) atoms. The van der Waals surface area contributed by atoms with E-state index >= 15 is 0 Å². The van der Waals surface area contributed by atoms with E-state index in [1.807, 2.05) is 11.8 Å². The Bertz CT molecular complexity index is 584. The standard InChI is InChI=1S/C16H19FN2OS/c1-11-9-19(10-12(2)21-11)16(20)14-8-13(4-3-7-18)5-6-15(14)17/h5-6,8,11-12H,7,9-10,18H2,1-2H3. The Morgan fingerprint density at radius 1 is 1.43 bits per heavy atom. The van der Waals surface area contributed by atoms with Gasteiger partial charge in [-0.3, -0.25) is 4.79 Å². The van der Waals surface area contributed by atoms with E-state index in [0.29, 0.717) is 29.2 Å². The monoisotopic (exact) mass is 306 g/mol. The summed E-state index contributed by atoms with van der Waals surface area (Å²) in [5.41, 5.74) is 6.02. The Balaban J connectivity index is 2.25. The van der Waals surface area contributed by atoms with Crippen molar-refractivity contribution in [1.82, 2.24) is 4.90 Å². The van der Waals surface area contributed by atoms with Crippen LogP contribution < -0.4 is 5.73 Å². The first-order valence-electron chi connectivity index (χ1n) is 6.94. The number of nitrogens with zero attached hydrogens (tertiary/aromatic N) is 1. The summed E-state index contributed by atoms with van der Waals surface area (Å²) < 4.78 is 14.0. The first-order chi connectivity index (χ1) is 10.0. The first-order valence-corrected chi connectivity index (χ1v) is 7.88. The second-order valence-electron chi connectivity index (χ2n) is 5.17. The van der Waals surface area contributed by atoms with E-state index in [4.69, 9.17) is 5.73 Å². The van der Waals surface area contributed by atoms with Crippen LogP contribution in [-0.4, -0.2) is 40.9 Å². The maximum Gasteiger partial charge on any atom is 0.256 e. The van der Waals surface area contributed by atoms with E-state index in [0.717, 1.165) is 0 Å².